The topological polar surface area (TPSA) is 48.5 Å². The molecule has 1 atom stereocenters. The Morgan fingerprint density at radius 3 is 2.68 bits per heavy atom. The van der Waals surface area contributed by atoms with Gasteiger partial charge in [-0.15, -0.1) is 0 Å². The van der Waals surface area contributed by atoms with Gasteiger partial charge in [-0.25, -0.2) is 4.79 Å². The molecule has 2 aromatic rings. The van der Waals surface area contributed by atoms with Gasteiger partial charge < -0.3 is 10.2 Å². The van der Waals surface area contributed by atoms with Gasteiger partial charge in [0.25, 0.3) is 0 Å². The smallest absolute Gasteiger partial charge is 0.317 e. The highest BCUT2D eigenvalue weighted by atomic mass is 16.2. The lowest BCUT2D eigenvalue weighted by Crippen LogP contribution is -2.56. The Bertz CT molecular complexity index is 662. The molecule has 0 radical (unpaired) electrons. The number of aromatic nitrogens is 1. The normalized spacial score (nSPS) is 18.1. The number of amides is 2. The molecule has 0 saturated carbocycles. The molecule has 0 unspecified atom stereocenters. The second-order valence-electron chi connectivity index (χ2n) is 6.57. The average Bonchev–Trinajstić information content (AvgIpc) is 2.63. The predicted octanol–water partition coefficient (Wildman–Crippen LogP) is 2.54. The van der Waals surface area contributed by atoms with Crippen LogP contribution in [0.5, 0.6) is 0 Å². The third kappa shape index (κ3) is 5.03. The fraction of sp³-hybridized carbons (Fsp3) is 0.400. The third-order valence-corrected chi connectivity index (χ3v) is 4.60. The predicted molar refractivity (Wildman–Crippen MR) is 99.2 cm³/mol. The molecule has 5 heteroatoms. The van der Waals surface area contributed by atoms with Gasteiger partial charge in [0.1, 0.15) is 0 Å². The van der Waals surface area contributed by atoms with Crippen LogP contribution in [0.25, 0.3) is 0 Å². The molecule has 2 amide bonds. The highest BCUT2D eigenvalue weighted by Crippen LogP contribution is 2.13. The highest BCUT2D eigenvalue weighted by Gasteiger charge is 2.27. The van der Waals surface area contributed by atoms with Gasteiger partial charge in [-0.05, 0) is 24.6 Å². The van der Waals surface area contributed by atoms with Crippen molar-refractivity contribution >= 4 is 6.03 Å². The number of pyridine rings is 1. The maximum atomic E-state index is 12.4. The number of nitrogens with zero attached hydrogens (tertiary/aromatic N) is 3. The summed E-state index contributed by atoms with van der Waals surface area (Å²) in [5.41, 5.74) is 2.33. The summed E-state index contributed by atoms with van der Waals surface area (Å²) in [7, 11) is 0. The standard InChI is InChI=1S/C20H26N4O/c1-17-15-23(16-18-7-3-2-4-8-18)13-14-24(17)20(25)22-12-10-19-9-5-6-11-21-19/h2-9,11,17H,10,12-16H2,1H3,(H,22,25)/t17-/m1/s1. The summed E-state index contributed by atoms with van der Waals surface area (Å²) in [6.45, 7) is 6.27. The maximum absolute atomic E-state index is 12.4. The molecule has 3 rings (SSSR count). The Morgan fingerprint density at radius 2 is 1.96 bits per heavy atom. The van der Waals surface area contributed by atoms with E-state index in [4.69, 9.17) is 0 Å². The first-order valence-corrected chi connectivity index (χ1v) is 8.93. The molecular weight excluding hydrogens is 312 g/mol. The van der Waals surface area contributed by atoms with Crippen LogP contribution in [0.15, 0.2) is 54.7 Å². The zero-order chi connectivity index (χ0) is 17.5. The van der Waals surface area contributed by atoms with Crippen molar-refractivity contribution in [2.24, 2.45) is 0 Å². The van der Waals surface area contributed by atoms with Gasteiger partial charge in [0.2, 0.25) is 0 Å². The lowest BCUT2D eigenvalue weighted by Gasteiger charge is -2.39. The van der Waals surface area contributed by atoms with Gasteiger partial charge in [0, 0.05) is 57.1 Å². The van der Waals surface area contributed by atoms with Gasteiger partial charge in [-0.2, -0.15) is 0 Å². The second-order valence-corrected chi connectivity index (χ2v) is 6.57. The number of carbonyl (C=O) groups excluding carboxylic acids is 1. The molecule has 1 aromatic carbocycles. The van der Waals surface area contributed by atoms with Crippen LogP contribution in [0.3, 0.4) is 0 Å². The van der Waals surface area contributed by atoms with Crippen molar-refractivity contribution in [1.82, 2.24) is 20.1 Å². The summed E-state index contributed by atoms with van der Waals surface area (Å²) in [4.78, 5) is 21.1. The molecule has 1 aromatic heterocycles. The Balaban J connectivity index is 1.43. The fourth-order valence-electron chi connectivity index (χ4n) is 3.27. The molecule has 1 saturated heterocycles. The van der Waals surface area contributed by atoms with Crippen LogP contribution in [0, 0.1) is 0 Å². The quantitative estimate of drug-likeness (QED) is 0.911. The minimum atomic E-state index is 0.0304. The molecule has 5 nitrogen and oxygen atoms in total. The number of benzene rings is 1. The van der Waals surface area contributed by atoms with Crippen LogP contribution in [-0.4, -0.2) is 53.0 Å². The molecule has 1 fully saturated rings. The van der Waals surface area contributed by atoms with E-state index in [1.165, 1.54) is 5.56 Å². The van der Waals surface area contributed by atoms with Crippen LogP contribution in [-0.2, 0) is 13.0 Å². The Morgan fingerprint density at radius 1 is 1.16 bits per heavy atom. The van der Waals surface area contributed by atoms with E-state index in [9.17, 15) is 4.79 Å². The van der Waals surface area contributed by atoms with Crippen molar-refractivity contribution in [3.63, 3.8) is 0 Å². The Hall–Kier alpha value is -2.40. The average molecular weight is 338 g/mol. The SMILES string of the molecule is C[C@@H]1CN(Cc2ccccc2)CCN1C(=O)NCCc1ccccn1. The van der Waals surface area contributed by atoms with Gasteiger partial charge in [-0.1, -0.05) is 36.4 Å². The van der Waals surface area contributed by atoms with Gasteiger partial charge >= 0.3 is 6.03 Å². The molecule has 0 bridgehead atoms. The van der Waals surface area contributed by atoms with E-state index in [1.807, 2.05) is 29.2 Å². The van der Waals surface area contributed by atoms with E-state index in [1.54, 1.807) is 6.20 Å². The first-order valence-electron chi connectivity index (χ1n) is 8.93. The minimum Gasteiger partial charge on any atom is -0.338 e. The summed E-state index contributed by atoms with van der Waals surface area (Å²) in [5, 5.41) is 3.02. The number of piperazine rings is 1. The monoisotopic (exact) mass is 338 g/mol. The molecule has 2 heterocycles. The van der Waals surface area contributed by atoms with Crippen molar-refractivity contribution in [3.05, 3.63) is 66.0 Å². The van der Waals surface area contributed by atoms with Crippen LogP contribution in [0.4, 0.5) is 4.79 Å². The van der Waals surface area contributed by atoms with E-state index in [0.717, 1.165) is 38.3 Å². The maximum Gasteiger partial charge on any atom is 0.317 e. The molecule has 0 spiro atoms. The number of nitrogens with one attached hydrogen (secondary N) is 1. The van der Waals surface area contributed by atoms with E-state index in [-0.39, 0.29) is 12.1 Å². The summed E-state index contributed by atoms with van der Waals surface area (Å²) in [6.07, 6.45) is 2.54. The molecular formula is C20H26N4O. The molecule has 1 aliphatic rings. The zero-order valence-electron chi connectivity index (χ0n) is 14.8. The molecule has 25 heavy (non-hydrogen) atoms. The fourth-order valence-corrected chi connectivity index (χ4v) is 3.27. The van der Waals surface area contributed by atoms with Crippen molar-refractivity contribution < 1.29 is 4.79 Å². The van der Waals surface area contributed by atoms with E-state index in [2.05, 4.69) is 46.4 Å². The molecule has 1 aliphatic heterocycles. The third-order valence-electron chi connectivity index (χ3n) is 4.60. The van der Waals surface area contributed by atoms with Gasteiger partial charge in [0.05, 0.1) is 0 Å². The van der Waals surface area contributed by atoms with E-state index < -0.39 is 0 Å². The van der Waals surface area contributed by atoms with Crippen LogP contribution >= 0.6 is 0 Å². The van der Waals surface area contributed by atoms with Gasteiger partial charge in [-0.3, -0.25) is 9.88 Å². The summed E-state index contributed by atoms with van der Waals surface area (Å²) >= 11 is 0. The Kier molecular flexibility index (Phi) is 6.01. The van der Waals surface area contributed by atoms with Crippen LogP contribution in [0.1, 0.15) is 18.2 Å². The minimum absolute atomic E-state index is 0.0304. The first-order chi connectivity index (χ1) is 12.2. The zero-order valence-corrected chi connectivity index (χ0v) is 14.8. The summed E-state index contributed by atoms with van der Waals surface area (Å²) < 4.78 is 0. The lowest BCUT2D eigenvalue weighted by molar-refractivity contribution is 0.0976. The van der Waals surface area contributed by atoms with Crippen molar-refractivity contribution in [2.75, 3.05) is 26.2 Å². The summed E-state index contributed by atoms with van der Waals surface area (Å²) in [6, 6.07) is 16.6. The number of urea groups is 1. The largest absolute Gasteiger partial charge is 0.338 e. The number of hydrogen-bond acceptors (Lipinski definition) is 3. The van der Waals surface area contributed by atoms with E-state index >= 15 is 0 Å². The van der Waals surface area contributed by atoms with Crippen molar-refractivity contribution in [2.45, 2.75) is 25.9 Å². The van der Waals surface area contributed by atoms with Crippen molar-refractivity contribution in [3.8, 4) is 0 Å². The lowest BCUT2D eigenvalue weighted by atomic mass is 10.1. The van der Waals surface area contributed by atoms with Crippen LogP contribution < -0.4 is 5.32 Å². The number of carbonyl (C=O) groups is 1. The summed E-state index contributed by atoms with van der Waals surface area (Å²) in [5.74, 6) is 0. The molecule has 1 N–H and O–H groups in total. The molecule has 0 aliphatic carbocycles. The highest BCUT2D eigenvalue weighted by molar-refractivity contribution is 5.74. The Labute approximate surface area is 149 Å². The molecule has 132 valence electrons. The first kappa shape index (κ1) is 17.4. The second kappa shape index (κ2) is 8.62. The van der Waals surface area contributed by atoms with E-state index in [0.29, 0.717) is 6.54 Å². The number of rotatable bonds is 5. The van der Waals surface area contributed by atoms with Crippen molar-refractivity contribution in [1.29, 1.82) is 0 Å². The van der Waals surface area contributed by atoms with Gasteiger partial charge in [0.15, 0.2) is 0 Å². The number of hydrogen-bond donors (Lipinski definition) is 1. The van der Waals surface area contributed by atoms with Crippen LogP contribution in [0.2, 0.25) is 0 Å².